The van der Waals surface area contributed by atoms with E-state index in [1.807, 2.05) is 60.7 Å². The summed E-state index contributed by atoms with van der Waals surface area (Å²) in [7, 11) is 0. The van der Waals surface area contributed by atoms with Gasteiger partial charge in [0.05, 0.1) is 5.92 Å². The molecule has 1 N–H and O–H groups in total. The van der Waals surface area contributed by atoms with E-state index in [1.165, 1.54) is 0 Å². The number of carbonyl (C=O) groups is 2. The van der Waals surface area contributed by atoms with Crippen LogP contribution in [0.5, 0.6) is 17.2 Å². The van der Waals surface area contributed by atoms with E-state index < -0.39 is 5.92 Å². The first-order chi connectivity index (χ1) is 16.7. The molecule has 2 aliphatic heterocycles. The van der Waals surface area contributed by atoms with Crippen LogP contribution < -0.4 is 24.4 Å². The van der Waals surface area contributed by atoms with Gasteiger partial charge in [-0.1, -0.05) is 42.5 Å². The fraction of sp³-hybridized carbons (Fsp3) is 0.259. The predicted molar refractivity (Wildman–Crippen MR) is 127 cm³/mol. The minimum atomic E-state index is -0.409. The summed E-state index contributed by atoms with van der Waals surface area (Å²) in [5, 5.41) is 3.00. The van der Waals surface area contributed by atoms with Gasteiger partial charge in [0.1, 0.15) is 25.6 Å². The zero-order chi connectivity index (χ0) is 23.3. The number of rotatable bonds is 7. The number of para-hydroxylation sites is 1. The van der Waals surface area contributed by atoms with E-state index in [4.69, 9.17) is 14.2 Å². The average Bonchev–Trinajstić information content (AvgIpc) is 3.28. The Morgan fingerprint density at radius 2 is 1.68 bits per heavy atom. The molecule has 1 atom stereocenters. The number of anilines is 1. The molecule has 0 saturated carbocycles. The molecule has 0 aromatic heterocycles. The van der Waals surface area contributed by atoms with E-state index in [0.717, 1.165) is 16.9 Å². The second kappa shape index (κ2) is 9.87. The maximum absolute atomic E-state index is 12.9. The van der Waals surface area contributed by atoms with Crippen LogP contribution in [0, 0.1) is 5.92 Å². The second-order valence-electron chi connectivity index (χ2n) is 8.32. The summed E-state index contributed by atoms with van der Waals surface area (Å²) in [5.74, 6) is 1.48. The summed E-state index contributed by atoms with van der Waals surface area (Å²) in [6.45, 7) is 2.12. The van der Waals surface area contributed by atoms with Crippen LogP contribution in [0.25, 0.3) is 0 Å². The van der Waals surface area contributed by atoms with E-state index >= 15 is 0 Å². The van der Waals surface area contributed by atoms with Crippen molar-refractivity contribution >= 4 is 17.5 Å². The molecule has 1 saturated heterocycles. The van der Waals surface area contributed by atoms with E-state index in [1.54, 1.807) is 17.0 Å². The van der Waals surface area contributed by atoms with Crippen molar-refractivity contribution in [3.63, 3.8) is 0 Å². The molecule has 0 bridgehead atoms. The van der Waals surface area contributed by atoms with Gasteiger partial charge in [-0.2, -0.15) is 0 Å². The third kappa shape index (κ3) is 4.83. The highest BCUT2D eigenvalue weighted by Crippen LogP contribution is 2.36. The number of nitrogens with zero attached hydrogens (tertiary/aromatic N) is 1. The van der Waals surface area contributed by atoms with Crippen LogP contribution in [0.2, 0.25) is 0 Å². The van der Waals surface area contributed by atoms with E-state index in [-0.39, 0.29) is 18.2 Å². The van der Waals surface area contributed by atoms with Crippen LogP contribution in [0.15, 0.2) is 72.8 Å². The van der Waals surface area contributed by atoms with Crippen molar-refractivity contribution in [1.29, 1.82) is 0 Å². The maximum atomic E-state index is 12.9. The summed E-state index contributed by atoms with van der Waals surface area (Å²) >= 11 is 0. The van der Waals surface area contributed by atoms with Crippen LogP contribution in [0.4, 0.5) is 5.69 Å². The van der Waals surface area contributed by atoms with E-state index in [0.29, 0.717) is 50.1 Å². The minimum Gasteiger partial charge on any atom is -0.489 e. The summed E-state index contributed by atoms with van der Waals surface area (Å²) in [4.78, 5) is 27.2. The van der Waals surface area contributed by atoms with Gasteiger partial charge in [-0.25, -0.2) is 0 Å². The molecule has 0 radical (unpaired) electrons. The average molecular weight is 459 g/mol. The summed E-state index contributed by atoms with van der Waals surface area (Å²) < 4.78 is 17.1. The third-order valence-electron chi connectivity index (χ3n) is 6.04. The SMILES string of the molecule is O=C(NCc1ccccc1COc1ccccc1)[C@H]1CC(=O)N(c2ccc3c(c2)OCCO3)C1. The molecular weight excluding hydrogens is 432 g/mol. The Kier molecular flexibility index (Phi) is 6.33. The summed E-state index contributed by atoms with van der Waals surface area (Å²) in [5.41, 5.74) is 2.71. The smallest absolute Gasteiger partial charge is 0.227 e. The minimum absolute atomic E-state index is 0.0755. The number of fused-ring (bicyclic) bond motifs is 1. The number of carbonyl (C=O) groups excluding carboxylic acids is 2. The monoisotopic (exact) mass is 458 g/mol. The third-order valence-corrected chi connectivity index (χ3v) is 6.04. The summed E-state index contributed by atoms with van der Waals surface area (Å²) in [6.07, 6.45) is 0.180. The van der Waals surface area contributed by atoms with Gasteiger partial charge < -0.3 is 24.4 Å². The normalized spacial score (nSPS) is 16.9. The lowest BCUT2D eigenvalue weighted by molar-refractivity contribution is -0.126. The Hall–Kier alpha value is -4.00. The van der Waals surface area contributed by atoms with E-state index in [2.05, 4.69) is 5.32 Å². The number of nitrogens with one attached hydrogen (secondary N) is 1. The van der Waals surface area contributed by atoms with Crippen molar-refractivity contribution < 1.29 is 23.8 Å². The lowest BCUT2D eigenvalue weighted by Gasteiger charge is -2.22. The van der Waals surface area contributed by atoms with Crippen molar-refractivity contribution in [3.8, 4) is 17.2 Å². The zero-order valence-electron chi connectivity index (χ0n) is 18.7. The highest BCUT2D eigenvalue weighted by Gasteiger charge is 2.35. The first-order valence-corrected chi connectivity index (χ1v) is 11.4. The molecule has 2 amide bonds. The van der Waals surface area contributed by atoms with Crippen molar-refractivity contribution in [3.05, 3.63) is 83.9 Å². The van der Waals surface area contributed by atoms with Crippen LogP contribution in [0.1, 0.15) is 17.5 Å². The first-order valence-electron chi connectivity index (χ1n) is 11.4. The largest absolute Gasteiger partial charge is 0.489 e. The van der Waals surface area contributed by atoms with Crippen LogP contribution >= 0.6 is 0 Å². The molecule has 7 heteroatoms. The molecule has 3 aromatic carbocycles. The lowest BCUT2D eigenvalue weighted by atomic mass is 10.1. The summed E-state index contributed by atoms with van der Waals surface area (Å²) in [6, 6.07) is 22.9. The zero-order valence-corrected chi connectivity index (χ0v) is 18.7. The number of amides is 2. The van der Waals surface area contributed by atoms with Gasteiger partial charge in [0.25, 0.3) is 0 Å². The quantitative estimate of drug-likeness (QED) is 0.584. The van der Waals surface area contributed by atoms with Crippen molar-refractivity contribution in [1.82, 2.24) is 5.32 Å². The Labute approximate surface area is 198 Å². The number of benzene rings is 3. The number of hydrogen-bond donors (Lipinski definition) is 1. The Balaban J connectivity index is 1.19. The van der Waals surface area contributed by atoms with Crippen molar-refractivity contribution in [2.24, 2.45) is 5.92 Å². The molecule has 34 heavy (non-hydrogen) atoms. The predicted octanol–water partition coefficient (Wildman–Crippen LogP) is 3.71. The Morgan fingerprint density at radius 1 is 0.941 bits per heavy atom. The molecule has 0 aliphatic carbocycles. The van der Waals surface area contributed by atoms with Gasteiger partial charge in [0.15, 0.2) is 11.5 Å². The molecule has 2 heterocycles. The Morgan fingerprint density at radius 3 is 2.50 bits per heavy atom. The van der Waals surface area contributed by atoms with Gasteiger partial charge in [0, 0.05) is 31.3 Å². The van der Waals surface area contributed by atoms with Crippen LogP contribution in [-0.2, 0) is 22.7 Å². The molecule has 0 spiro atoms. The van der Waals surface area contributed by atoms with Crippen LogP contribution in [-0.4, -0.2) is 31.6 Å². The van der Waals surface area contributed by atoms with Crippen molar-refractivity contribution in [2.45, 2.75) is 19.6 Å². The molecule has 174 valence electrons. The molecule has 2 aliphatic rings. The van der Waals surface area contributed by atoms with E-state index in [9.17, 15) is 9.59 Å². The second-order valence-corrected chi connectivity index (χ2v) is 8.32. The topological polar surface area (TPSA) is 77.1 Å². The van der Waals surface area contributed by atoms with Gasteiger partial charge >= 0.3 is 0 Å². The standard InChI is InChI=1S/C27H26N2O5/c30-26-14-21(17-29(26)22-10-11-24-25(15-22)33-13-12-32-24)27(31)28-16-19-6-4-5-7-20(19)18-34-23-8-2-1-3-9-23/h1-11,15,21H,12-14,16-18H2,(H,28,31)/t21-/m0/s1. The lowest BCUT2D eigenvalue weighted by Crippen LogP contribution is -2.33. The number of ether oxygens (including phenoxy) is 3. The highest BCUT2D eigenvalue weighted by molar-refractivity contribution is 6.00. The fourth-order valence-electron chi connectivity index (χ4n) is 4.21. The molecule has 7 nitrogen and oxygen atoms in total. The molecule has 3 aromatic rings. The van der Waals surface area contributed by atoms with Gasteiger partial charge in [-0.05, 0) is 35.4 Å². The Bertz CT molecular complexity index is 1180. The molecule has 1 fully saturated rings. The number of hydrogen-bond acceptors (Lipinski definition) is 5. The van der Waals surface area contributed by atoms with Gasteiger partial charge in [-0.3, -0.25) is 9.59 Å². The molecular formula is C27H26N2O5. The first kappa shape index (κ1) is 21.8. The van der Waals surface area contributed by atoms with Gasteiger partial charge in [-0.15, -0.1) is 0 Å². The molecule has 5 rings (SSSR count). The fourth-order valence-corrected chi connectivity index (χ4v) is 4.21. The highest BCUT2D eigenvalue weighted by atomic mass is 16.6. The van der Waals surface area contributed by atoms with Gasteiger partial charge in [0.2, 0.25) is 11.8 Å². The van der Waals surface area contributed by atoms with Crippen molar-refractivity contribution in [2.75, 3.05) is 24.7 Å². The van der Waals surface area contributed by atoms with Crippen LogP contribution in [0.3, 0.4) is 0 Å². The maximum Gasteiger partial charge on any atom is 0.227 e. The molecule has 0 unspecified atom stereocenters.